The van der Waals surface area contributed by atoms with Gasteiger partial charge < -0.3 is 13.9 Å². The summed E-state index contributed by atoms with van der Waals surface area (Å²) in [4.78, 5) is 0. The van der Waals surface area contributed by atoms with Crippen molar-refractivity contribution in [2.24, 2.45) is 0 Å². The maximum atomic E-state index is 13.1. The number of ether oxygens (including phenoxy) is 2. The number of hydrogen-bond acceptors (Lipinski definition) is 3. The van der Waals surface area contributed by atoms with E-state index in [4.69, 9.17) is 13.9 Å². The summed E-state index contributed by atoms with van der Waals surface area (Å²) >= 11 is 0. The summed E-state index contributed by atoms with van der Waals surface area (Å²) in [6, 6.07) is 3.90. The van der Waals surface area contributed by atoms with Gasteiger partial charge >= 0.3 is 0 Å². The van der Waals surface area contributed by atoms with Crippen molar-refractivity contribution in [2.75, 3.05) is 13.2 Å². The van der Waals surface area contributed by atoms with Gasteiger partial charge in [0.25, 0.3) is 16.5 Å². The molecule has 0 amide bonds. The van der Waals surface area contributed by atoms with Crippen LogP contribution in [-0.4, -0.2) is 29.7 Å². The first-order chi connectivity index (χ1) is 9.56. The van der Waals surface area contributed by atoms with Gasteiger partial charge in [-0.3, -0.25) is 0 Å². The van der Waals surface area contributed by atoms with Crippen molar-refractivity contribution in [3.8, 4) is 0 Å². The molecule has 0 heterocycles. The molecule has 3 radical (unpaired) electrons. The minimum absolute atomic E-state index is 0.440. The van der Waals surface area contributed by atoms with Crippen molar-refractivity contribution in [3.63, 3.8) is 0 Å². The van der Waals surface area contributed by atoms with Crippen LogP contribution in [0.1, 0.15) is 32.3 Å². The zero-order valence-corrected chi connectivity index (χ0v) is 12.7. The number of aryl methyl sites for hydroxylation is 1. The van der Waals surface area contributed by atoms with Crippen LogP contribution in [0.5, 0.6) is 0 Å². The molecule has 0 fully saturated rings. The first-order valence-corrected chi connectivity index (χ1v) is 7.04. The predicted molar refractivity (Wildman–Crippen MR) is 72.1 cm³/mol. The van der Waals surface area contributed by atoms with Gasteiger partial charge in [-0.1, -0.05) is 6.07 Å². The molecule has 3 nitrogen and oxygen atoms in total. The topological polar surface area (TPSA) is 27.7 Å². The number of benzene rings is 1. The molecule has 0 aliphatic heterocycles. The van der Waals surface area contributed by atoms with Crippen LogP contribution in [0.15, 0.2) is 18.2 Å². The average Bonchev–Trinajstić information content (AvgIpc) is 2.43. The fourth-order valence-electron chi connectivity index (χ4n) is 1.94. The zero-order chi connectivity index (χ0) is 15.0. The van der Waals surface area contributed by atoms with E-state index in [-0.39, 0.29) is 0 Å². The van der Waals surface area contributed by atoms with Crippen LogP contribution in [0, 0.1) is 11.6 Å². The van der Waals surface area contributed by atoms with Crippen LogP contribution in [0.4, 0.5) is 8.78 Å². The molecule has 0 saturated heterocycles. The summed E-state index contributed by atoms with van der Waals surface area (Å²) < 4.78 is 42.0. The molecule has 1 rings (SSSR count). The fourth-order valence-corrected chi connectivity index (χ4v) is 2.16. The van der Waals surface area contributed by atoms with E-state index in [1.807, 2.05) is 13.8 Å². The summed E-state index contributed by atoms with van der Waals surface area (Å²) in [6.07, 6.45) is 1.70. The normalized spacial score (nSPS) is 11.8. The fraction of sp³-hybridized carbons (Fsp3) is 0.571. The lowest BCUT2D eigenvalue weighted by Crippen LogP contribution is -2.38. The summed E-state index contributed by atoms with van der Waals surface area (Å²) in [5, 5.41) is 0. The van der Waals surface area contributed by atoms with Crippen molar-refractivity contribution < 1.29 is 22.7 Å². The van der Waals surface area contributed by atoms with E-state index in [2.05, 4.69) is 10.5 Å². The van der Waals surface area contributed by atoms with Gasteiger partial charge in [-0.05, 0) is 44.4 Å². The van der Waals surface area contributed by atoms with Crippen molar-refractivity contribution in [3.05, 3.63) is 35.4 Å². The van der Waals surface area contributed by atoms with Gasteiger partial charge in [-0.2, -0.15) is 0 Å². The van der Waals surface area contributed by atoms with E-state index >= 15 is 0 Å². The van der Waals surface area contributed by atoms with E-state index in [1.54, 1.807) is 6.07 Å². The minimum atomic E-state index is -1.14. The number of halogens is 2. The molecule has 20 heavy (non-hydrogen) atoms. The van der Waals surface area contributed by atoms with Crippen molar-refractivity contribution in [1.29, 1.82) is 0 Å². The molecule has 0 unspecified atom stereocenters. The van der Waals surface area contributed by atoms with E-state index in [9.17, 15) is 8.78 Å². The van der Waals surface area contributed by atoms with E-state index in [0.29, 0.717) is 32.5 Å². The molecule has 111 valence electrons. The van der Waals surface area contributed by atoms with Crippen LogP contribution >= 0.6 is 0 Å². The van der Waals surface area contributed by atoms with Crippen LogP contribution in [-0.2, 0) is 20.3 Å². The average molecular weight is 301 g/mol. The SMILES string of the molecule is CCOC(CCCc1ccc(F)c(F)c1)(O[Si])OCC. The third-order valence-corrected chi connectivity index (χ3v) is 3.13. The van der Waals surface area contributed by atoms with E-state index in [0.717, 1.165) is 11.6 Å². The largest absolute Gasteiger partial charge is 0.371 e. The van der Waals surface area contributed by atoms with Crippen LogP contribution in [0.2, 0.25) is 0 Å². The second-order valence-electron chi connectivity index (χ2n) is 4.25. The van der Waals surface area contributed by atoms with Gasteiger partial charge in [0.05, 0.1) is 0 Å². The summed E-state index contributed by atoms with van der Waals surface area (Å²) in [7, 11) is 2.97. The molecule has 0 spiro atoms. The van der Waals surface area contributed by atoms with E-state index < -0.39 is 17.6 Å². The van der Waals surface area contributed by atoms with Gasteiger partial charge in [0.15, 0.2) is 11.6 Å². The Hall–Kier alpha value is -0.823. The minimum Gasteiger partial charge on any atom is -0.371 e. The Labute approximate surface area is 121 Å². The van der Waals surface area contributed by atoms with Crippen molar-refractivity contribution in [2.45, 2.75) is 39.1 Å². The molecule has 1 aromatic rings. The molecule has 0 aliphatic carbocycles. The third-order valence-electron chi connectivity index (χ3n) is 2.82. The molecule has 0 bridgehead atoms. The molecular formula is C14H19F2O3Si. The number of hydrogen-bond donors (Lipinski definition) is 0. The Morgan fingerprint density at radius 2 is 1.75 bits per heavy atom. The highest BCUT2D eigenvalue weighted by molar-refractivity contribution is 5.98. The molecule has 0 N–H and O–H groups in total. The lowest BCUT2D eigenvalue weighted by atomic mass is 10.1. The summed E-state index contributed by atoms with van der Waals surface area (Å²) in [5.41, 5.74) is 0.722. The standard InChI is InChI=1S/C14H19F2O3Si/c1-3-17-14(19-20,18-4-2)9-5-6-11-7-8-12(15)13(16)10-11/h7-8,10H,3-6,9H2,1-2H3. The molecule has 0 saturated carbocycles. The molecular weight excluding hydrogens is 282 g/mol. The van der Waals surface area contributed by atoms with Gasteiger partial charge in [0.2, 0.25) is 0 Å². The van der Waals surface area contributed by atoms with Crippen molar-refractivity contribution in [1.82, 2.24) is 0 Å². The first-order valence-electron chi connectivity index (χ1n) is 6.63. The van der Waals surface area contributed by atoms with E-state index in [1.165, 1.54) is 6.07 Å². The zero-order valence-electron chi connectivity index (χ0n) is 11.7. The summed E-state index contributed by atoms with van der Waals surface area (Å²) in [6.45, 7) is 4.56. The van der Waals surface area contributed by atoms with Crippen LogP contribution in [0.25, 0.3) is 0 Å². The first kappa shape index (κ1) is 17.2. The highest BCUT2D eigenvalue weighted by Gasteiger charge is 2.30. The van der Waals surface area contributed by atoms with Gasteiger partial charge in [0, 0.05) is 19.6 Å². The van der Waals surface area contributed by atoms with Gasteiger partial charge in [-0.15, -0.1) is 0 Å². The molecule has 0 aromatic heterocycles. The van der Waals surface area contributed by atoms with Gasteiger partial charge in [-0.25, -0.2) is 8.78 Å². The van der Waals surface area contributed by atoms with Crippen molar-refractivity contribution >= 4 is 10.5 Å². The highest BCUT2D eigenvalue weighted by atomic mass is 28.2. The summed E-state index contributed by atoms with van der Waals surface area (Å²) in [5.74, 6) is -2.81. The Kier molecular flexibility index (Phi) is 7.29. The Bertz CT molecular complexity index is 409. The Morgan fingerprint density at radius 3 is 2.25 bits per heavy atom. The molecule has 0 atom stereocenters. The van der Waals surface area contributed by atoms with Crippen LogP contribution < -0.4 is 0 Å². The maximum absolute atomic E-state index is 13.1. The second-order valence-corrected chi connectivity index (χ2v) is 4.46. The highest BCUT2D eigenvalue weighted by Crippen LogP contribution is 2.22. The molecule has 6 heteroatoms. The van der Waals surface area contributed by atoms with Gasteiger partial charge in [0.1, 0.15) is 0 Å². The Morgan fingerprint density at radius 1 is 1.10 bits per heavy atom. The second kappa shape index (κ2) is 8.46. The maximum Gasteiger partial charge on any atom is 0.272 e. The lowest BCUT2D eigenvalue weighted by molar-refractivity contribution is -0.343. The molecule has 0 aliphatic rings. The molecule has 1 aromatic carbocycles. The van der Waals surface area contributed by atoms with Crippen LogP contribution in [0.3, 0.4) is 0 Å². The number of rotatable bonds is 9. The lowest BCUT2D eigenvalue weighted by Gasteiger charge is -2.31. The predicted octanol–water partition coefficient (Wildman–Crippen LogP) is 3.11. The Balaban J connectivity index is 2.56. The third kappa shape index (κ3) is 4.94. The quantitative estimate of drug-likeness (QED) is 0.518. The smallest absolute Gasteiger partial charge is 0.272 e. The monoisotopic (exact) mass is 301 g/mol.